The number of aromatic carboxylic acids is 1. The topological polar surface area (TPSA) is 96.6 Å². The van der Waals surface area contributed by atoms with E-state index in [1.165, 1.54) is 12.1 Å². The van der Waals surface area contributed by atoms with Crippen LogP contribution in [0.5, 0.6) is 0 Å². The van der Waals surface area contributed by atoms with Crippen molar-refractivity contribution in [1.29, 1.82) is 0 Å². The Balaban J connectivity index is 1.95. The summed E-state index contributed by atoms with van der Waals surface area (Å²) in [7, 11) is 0. The van der Waals surface area contributed by atoms with Gasteiger partial charge in [-0.2, -0.15) is 0 Å². The van der Waals surface area contributed by atoms with E-state index in [0.717, 1.165) is 11.8 Å². The average molecular weight is 315 g/mol. The molecule has 2 heterocycles. The molecule has 1 aromatic carbocycles. The number of carboxylic acids is 1. The van der Waals surface area contributed by atoms with Gasteiger partial charge in [0.2, 0.25) is 0 Å². The Morgan fingerprint density at radius 1 is 1.18 bits per heavy atom. The van der Waals surface area contributed by atoms with Gasteiger partial charge in [-0.3, -0.25) is 14.9 Å². The fourth-order valence-electron chi connectivity index (χ4n) is 2.01. The Hall–Kier alpha value is -2.80. The predicted octanol–water partition coefficient (Wildman–Crippen LogP) is 2.97. The summed E-state index contributed by atoms with van der Waals surface area (Å²) in [6.45, 7) is 0. The highest BCUT2D eigenvalue weighted by Gasteiger charge is 2.25. The Morgan fingerprint density at radius 2 is 1.95 bits per heavy atom. The monoisotopic (exact) mass is 315 g/mol. The van der Waals surface area contributed by atoms with Gasteiger partial charge in [0.25, 0.3) is 11.1 Å². The number of carboxylic acid groups (broad SMARTS) is 1. The highest BCUT2D eigenvalue weighted by Crippen LogP contribution is 2.29. The Bertz CT molecular complexity index is 821. The second kappa shape index (κ2) is 5.53. The van der Waals surface area contributed by atoms with E-state index >= 15 is 0 Å². The van der Waals surface area contributed by atoms with Crippen molar-refractivity contribution in [2.24, 2.45) is 0 Å². The molecule has 110 valence electrons. The predicted molar refractivity (Wildman–Crippen MR) is 80.2 cm³/mol. The molecule has 1 aliphatic heterocycles. The molecule has 1 saturated heterocycles. The zero-order valence-electron chi connectivity index (χ0n) is 11.0. The van der Waals surface area contributed by atoms with Gasteiger partial charge in [-0.15, -0.1) is 0 Å². The average Bonchev–Trinajstić information content (AvgIpc) is 3.06. The fraction of sp³-hybridized carbons (Fsp3) is 0. The molecule has 2 amide bonds. The van der Waals surface area contributed by atoms with Gasteiger partial charge in [0.1, 0.15) is 11.5 Å². The first-order valence-electron chi connectivity index (χ1n) is 6.22. The molecule has 22 heavy (non-hydrogen) atoms. The van der Waals surface area contributed by atoms with Crippen LogP contribution in [0.3, 0.4) is 0 Å². The van der Waals surface area contributed by atoms with E-state index < -0.39 is 17.1 Å². The highest BCUT2D eigenvalue weighted by molar-refractivity contribution is 8.18. The maximum atomic E-state index is 11.5. The minimum Gasteiger partial charge on any atom is -0.478 e. The number of nitrogens with one attached hydrogen (secondary N) is 1. The third-order valence-electron chi connectivity index (χ3n) is 2.97. The molecule has 1 fully saturated rings. The van der Waals surface area contributed by atoms with Crippen molar-refractivity contribution in [2.45, 2.75) is 0 Å². The number of furan rings is 1. The smallest absolute Gasteiger partial charge is 0.336 e. The zero-order valence-corrected chi connectivity index (χ0v) is 11.8. The lowest BCUT2D eigenvalue weighted by Crippen LogP contribution is -2.17. The van der Waals surface area contributed by atoms with Crippen molar-refractivity contribution < 1.29 is 23.9 Å². The van der Waals surface area contributed by atoms with Crippen LogP contribution < -0.4 is 5.32 Å². The molecule has 0 aliphatic carbocycles. The van der Waals surface area contributed by atoms with Crippen LogP contribution >= 0.6 is 11.8 Å². The molecule has 1 aliphatic rings. The Labute approximate surface area is 128 Å². The fourth-order valence-corrected chi connectivity index (χ4v) is 2.67. The molecule has 3 rings (SSSR count). The minimum atomic E-state index is -1.05. The van der Waals surface area contributed by atoms with Crippen molar-refractivity contribution in [3.05, 3.63) is 52.6 Å². The van der Waals surface area contributed by atoms with Gasteiger partial charge in [-0.25, -0.2) is 4.79 Å². The maximum absolute atomic E-state index is 11.5. The molecule has 0 spiro atoms. The standard InChI is InChI=1S/C15H9NO5S/c17-13-12(22-15(20)16-13)7-8-5-6-11(21-8)9-3-1-2-4-10(9)14(18)19/h1-7H,(H,18,19)(H,16,17,20)/b12-7-. The molecule has 7 heteroatoms. The number of benzene rings is 1. The number of carbonyl (C=O) groups is 3. The van der Waals surface area contributed by atoms with Crippen molar-refractivity contribution in [1.82, 2.24) is 5.32 Å². The number of carbonyl (C=O) groups excluding carboxylic acids is 2. The summed E-state index contributed by atoms with van der Waals surface area (Å²) in [6.07, 6.45) is 1.44. The summed E-state index contributed by atoms with van der Waals surface area (Å²) in [6, 6.07) is 9.69. The first-order chi connectivity index (χ1) is 10.5. The number of imide groups is 1. The number of amides is 2. The molecule has 2 aromatic rings. The van der Waals surface area contributed by atoms with E-state index in [2.05, 4.69) is 5.32 Å². The summed E-state index contributed by atoms with van der Waals surface area (Å²) >= 11 is 0.789. The van der Waals surface area contributed by atoms with Crippen LogP contribution in [0.2, 0.25) is 0 Å². The molecule has 0 bridgehead atoms. The summed E-state index contributed by atoms with van der Waals surface area (Å²) < 4.78 is 5.56. The SMILES string of the molecule is O=C1NC(=O)/C(=C/c2ccc(-c3ccccc3C(=O)O)o2)S1. The van der Waals surface area contributed by atoms with E-state index in [9.17, 15) is 19.5 Å². The summed E-state index contributed by atoms with van der Waals surface area (Å²) in [5.41, 5.74) is 0.568. The van der Waals surface area contributed by atoms with Gasteiger partial charge in [0.15, 0.2) is 0 Å². The normalized spacial score (nSPS) is 16.1. The van der Waals surface area contributed by atoms with Gasteiger partial charge in [0, 0.05) is 11.6 Å². The largest absolute Gasteiger partial charge is 0.478 e. The van der Waals surface area contributed by atoms with Gasteiger partial charge in [0.05, 0.1) is 10.5 Å². The van der Waals surface area contributed by atoms with Crippen molar-refractivity contribution >= 4 is 35.0 Å². The highest BCUT2D eigenvalue weighted by atomic mass is 32.2. The van der Waals surface area contributed by atoms with Gasteiger partial charge in [-0.05, 0) is 30.0 Å². The molecule has 0 atom stereocenters. The third-order valence-corrected chi connectivity index (χ3v) is 3.78. The van der Waals surface area contributed by atoms with E-state index in [-0.39, 0.29) is 10.5 Å². The van der Waals surface area contributed by atoms with Gasteiger partial charge >= 0.3 is 5.97 Å². The lowest BCUT2D eigenvalue weighted by Gasteiger charge is -2.01. The lowest BCUT2D eigenvalue weighted by molar-refractivity contribution is -0.115. The van der Waals surface area contributed by atoms with Crippen molar-refractivity contribution in [3.8, 4) is 11.3 Å². The molecular formula is C15H9NO5S. The van der Waals surface area contributed by atoms with Crippen LogP contribution in [0.1, 0.15) is 16.1 Å². The van der Waals surface area contributed by atoms with Crippen molar-refractivity contribution in [2.75, 3.05) is 0 Å². The van der Waals surface area contributed by atoms with Gasteiger partial charge < -0.3 is 9.52 Å². The van der Waals surface area contributed by atoms with Crippen LogP contribution in [0.15, 0.2) is 45.7 Å². The molecule has 0 saturated carbocycles. The molecule has 1 aromatic heterocycles. The zero-order chi connectivity index (χ0) is 15.7. The van der Waals surface area contributed by atoms with Crippen LogP contribution in [-0.2, 0) is 4.79 Å². The number of rotatable bonds is 3. The van der Waals surface area contributed by atoms with E-state index in [0.29, 0.717) is 17.1 Å². The van der Waals surface area contributed by atoms with Gasteiger partial charge in [-0.1, -0.05) is 18.2 Å². The third kappa shape index (κ3) is 2.66. The minimum absolute atomic E-state index is 0.124. The number of hydrogen-bond acceptors (Lipinski definition) is 5. The van der Waals surface area contributed by atoms with Crippen LogP contribution in [0.25, 0.3) is 17.4 Å². The summed E-state index contributed by atoms with van der Waals surface area (Å²) in [5, 5.41) is 10.9. The number of thioether (sulfide) groups is 1. The van der Waals surface area contributed by atoms with Crippen molar-refractivity contribution in [3.63, 3.8) is 0 Å². The second-order valence-electron chi connectivity index (χ2n) is 4.40. The Kier molecular flexibility index (Phi) is 3.56. The number of hydrogen-bond donors (Lipinski definition) is 2. The maximum Gasteiger partial charge on any atom is 0.336 e. The molecular weight excluding hydrogens is 306 g/mol. The second-order valence-corrected chi connectivity index (χ2v) is 5.42. The Morgan fingerprint density at radius 3 is 2.64 bits per heavy atom. The lowest BCUT2D eigenvalue weighted by atomic mass is 10.1. The molecule has 2 N–H and O–H groups in total. The first kappa shape index (κ1) is 14.2. The summed E-state index contributed by atoms with van der Waals surface area (Å²) in [4.78, 5) is 34.0. The molecule has 0 radical (unpaired) electrons. The van der Waals surface area contributed by atoms with Crippen LogP contribution in [0.4, 0.5) is 4.79 Å². The summed E-state index contributed by atoms with van der Waals surface area (Å²) in [5.74, 6) is -0.788. The van der Waals surface area contributed by atoms with Crippen LogP contribution in [-0.4, -0.2) is 22.2 Å². The molecule has 6 nitrogen and oxygen atoms in total. The van der Waals surface area contributed by atoms with Crippen LogP contribution in [0, 0.1) is 0 Å². The van der Waals surface area contributed by atoms with E-state index in [4.69, 9.17) is 4.42 Å². The molecule has 0 unspecified atom stereocenters. The van der Waals surface area contributed by atoms with E-state index in [1.54, 1.807) is 30.3 Å². The van der Waals surface area contributed by atoms with E-state index in [1.807, 2.05) is 0 Å². The quantitative estimate of drug-likeness (QED) is 0.845. The first-order valence-corrected chi connectivity index (χ1v) is 7.03.